The molecule has 0 radical (unpaired) electrons. The smallest absolute Gasteiger partial charge is 0.423 e. The maximum atomic E-state index is 9.44. The molecule has 10 aromatic carbocycles. The number of hydrogen-bond acceptors (Lipinski definition) is 2. The Labute approximate surface area is 339 Å². The van der Waals surface area contributed by atoms with E-state index >= 15 is 0 Å². The molecule has 0 saturated heterocycles. The van der Waals surface area contributed by atoms with Crippen molar-refractivity contribution < 1.29 is 10.0 Å². The van der Waals surface area contributed by atoms with Gasteiger partial charge in [-0.2, -0.15) is 0 Å². The minimum atomic E-state index is -1.44. The lowest BCUT2D eigenvalue weighted by Crippen LogP contribution is -2.30. The molecule has 2 nitrogen and oxygen atoms in total. The fourth-order valence-corrected chi connectivity index (χ4v) is 8.30. The quantitative estimate of drug-likeness (QED) is 0.134. The first-order valence-corrected chi connectivity index (χ1v) is 19.9. The summed E-state index contributed by atoms with van der Waals surface area (Å²) in [5, 5.41) is 33.2. The zero-order valence-corrected chi connectivity index (χ0v) is 33.7. The molecule has 0 spiro atoms. The first-order valence-electron chi connectivity index (χ1n) is 17.5. The van der Waals surface area contributed by atoms with E-state index in [0.29, 0.717) is 5.46 Å². The van der Waals surface area contributed by atoms with Crippen molar-refractivity contribution in [3.63, 3.8) is 0 Å². The van der Waals surface area contributed by atoms with Crippen LogP contribution in [-0.2, 0) is 0 Å². The van der Waals surface area contributed by atoms with Crippen molar-refractivity contribution in [3.8, 4) is 11.1 Å². The second kappa shape index (κ2) is 15.9. The molecule has 0 aliphatic carbocycles. The molecule has 54 heavy (non-hydrogen) atoms. The molecule has 0 amide bonds. The lowest BCUT2D eigenvalue weighted by atomic mass is 9.76. The van der Waals surface area contributed by atoms with Crippen LogP contribution in [0.2, 0.25) is 0 Å². The van der Waals surface area contributed by atoms with E-state index in [9.17, 15) is 10.0 Å². The molecule has 0 heterocycles. The van der Waals surface area contributed by atoms with Gasteiger partial charge in [0.25, 0.3) is 0 Å². The second-order valence-electron chi connectivity index (χ2n) is 13.1. The lowest BCUT2D eigenvalue weighted by molar-refractivity contribution is 0.426. The third-order valence-electron chi connectivity index (χ3n) is 9.72. The summed E-state index contributed by atoms with van der Waals surface area (Å²) < 4.78 is 3.35. The van der Waals surface area contributed by atoms with Crippen LogP contribution >= 0.6 is 47.8 Å². The molecule has 0 unspecified atom stereocenters. The minimum Gasteiger partial charge on any atom is -0.423 e. The molecule has 0 saturated carbocycles. The van der Waals surface area contributed by atoms with Crippen LogP contribution in [0.5, 0.6) is 0 Å². The van der Waals surface area contributed by atoms with Crippen LogP contribution in [0.1, 0.15) is 0 Å². The number of rotatable bonds is 2. The zero-order chi connectivity index (χ0) is 37.2. The molecule has 2 N–H and O–H groups in total. The molecule has 260 valence electrons. The summed E-state index contributed by atoms with van der Waals surface area (Å²) in [6.45, 7) is 0. The third kappa shape index (κ3) is 7.59. The highest BCUT2D eigenvalue weighted by Gasteiger charge is 2.16. The van der Waals surface area contributed by atoms with E-state index in [1.54, 1.807) is 0 Å². The van der Waals surface area contributed by atoms with Crippen LogP contribution in [0.25, 0.3) is 75.8 Å². The van der Waals surface area contributed by atoms with Crippen molar-refractivity contribution in [2.45, 2.75) is 0 Å². The lowest BCUT2D eigenvalue weighted by Gasteiger charge is -2.12. The van der Waals surface area contributed by atoms with E-state index in [4.69, 9.17) is 0 Å². The molecule has 0 aromatic heterocycles. The maximum absolute atomic E-state index is 9.44. The molecule has 0 aliphatic heterocycles. The predicted octanol–water partition coefficient (Wildman–Crippen LogP) is 13.6. The Hall–Kier alpha value is -4.82. The SMILES string of the molecule is Brc1ccc2ccc(-c3cc4ccccc4c4ccccc34)cc2c1.Brc1ccc2ccc(Br)cc2c1.OB(O)c1cc2ccccc2c2ccccc12. The standard InChI is InChI=1S/C24H15Br.C14H11BO2.C10H6Br2/c25-20-12-11-16-9-10-18(13-19(16)14-20)24-15-17-5-1-2-6-21(17)22-7-3-4-8-23(22)24;16-15(17)14-9-10-5-1-2-6-11(10)12-7-3-4-8-13(12)14;11-9-3-1-7-2-4-10(12)6-8(7)5-9/h1-15H;1-9,16-17H;1-6H. The number of halogens is 3. The van der Waals surface area contributed by atoms with Gasteiger partial charge in [0, 0.05) is 13.4 Å². The van der Waals surface area contributed by atoms with Crippen LogP contribution in [0, 0.1) is 0 Å². The Balaban J connectivity index is 0.000000124. The van der Waals surface area contributed by atoms with Crippen molar-refractivity contribution in [3.05, 3.63) is 195 Å². The minimum absolute atomic E-state index is 0.555. The monoisotopic (exact) mass is 888 g/mol. The maximum Gasteiger partial charge on any atom is 0.489 e. The summed E-state index contributed by atoms with van der Waals surface area (Å²) in [4.78, 5) is 0. The molecule has 0 fully saturated rings. The van der Waals surface area contributed by atoms with Gasteiger partial charge in [-0.25, -0.2) is 0 Å². The number of fused-ring (bicyclic) bond motifs is 8. The highest BCUT2D eigenvalue weighted by molar-refractivity contribution is 9.11. The van der Waals surface area contributed by atoms with Crippen molar-refractivity contribution in [2.24, 2.45) is 0 Å². The van der Waals surface area contributed by atoms with Crippen molar-refractivity contribution in [1.29, 1.82) is 0 Å². The average Bonchev–Trinajstić information content (AvgIpc) is 3.20. The summed E-state index contributed by atoms with van der Waals surface area (Å²) >= 11 is 10.5. The molecule has 10 aromatic rings. The van der Waals surface area contributed by atoms with Crippen molar-refractivity contribution >= 4 is 125 Å². The number of hydrogen-bond donors (Lipinski definition) is 2. The van der Waals surface area contributed by atoms with Gasteiger partial charge in [0.15, 0.2) is 0 Å². The van der Waals surface area contributed by atoms with E-state index < -0.39 is 7.12 Å². The van der Waals surface area contributed by atoms with E-state index in [-0.39, 0.29) is 0 Å². The van der Waals surface area contributed by atoms with E-state index in [2.05, 4.69) is 175 Å². The third-order valence-corrected chi connectivity index (χ3v) is 11.2. The molecule has 10 rings (SSSR count). The largest absolute Gasteiger partial charge is 0.489 e. The molecule has 0 aliphatic rings. The Kier molecular flexibility index (Phi) is 10.6. The Morgan fingerprint density at radius 3 is 1.26 bits per heavy atom. The van der Waals surface area contributed by atoms with Gasteiger partial charge in [-0.05, 0) is 130 Å². The normalized spacial score (nSPS) is 11.1. The van der Waals surface area contributed by atoms with Gasteiger partial charge in [0.1, 0.15) is 0 Å². The van der Waals surface area contributed by atoms with E-state index in [1.165, 1.54) is 54.2 Å². The van der Waals surface area contributed by atoms with Crippen LogP contribution in [0.4, 0.5) is 0 Å². The average molecular weight is 891 g/mol. The van der Waals surface area contributed by atoms with Crippen LogP contribution in [0.15, 0.2) is 195 Å². The topological polar surface area (TPSA) is 40.5 Å². The highest BCUT2D eigenvalue weighted by Crippen LogP contribution is 2.36. The van der Waals surface area contributed by atoms with Crippen molar-refractivity contribution in [1.82, 2.24) is 0 Å². The second-order valence-corrected chi connectivity index (χ2v) is 15.9. The predicted molar refractivity (Wildman–Crippen MR) is 243 cm³/mol. The van der Waals surface area contributed by atoms with Crippen LogP contribution < -0.4 is 5.46 Å². The van der Waals surface area contributed by atoms with Gasteiger partial charge in [0.05, 0.1) is 0 Å². The fourth-order valence-electron chi connectivity index (χ4n) is 7.16. The summed E-state index contributed by atoms with van der Waals surface area (Å²) in [6, 6.07) is 62.9. The first-order chi connectivity index (χ1) is 26.3. The van der Waals surface area contributed by atoms with E-state index in [0.717, 1.165) is 35.0 Å². The Morgan fingerprint density at radius 2 is 0.722 bits per heavy atom. The van der Waals surface area contributed by atoms with Gasteiger partial charge < -0.3 is 10.0 Å². The summed E-state index contributed by atoms with van der Waals surface area (Å²) in [5.41, 5.74) is 3.10. The molecular formula is C48H32BBr3O2. The first kappa shape index (κ1) is 36.2. The zero-order valence-electron chi connectivity index (χ0n) is 28.9. The van der Waals surface area contributed by atoms with E-state index in [1.807, 2.05) is 54.6 Å². The van der Waals surface area contributed by atoms with Crippen LogP contribution in [0.3, 0.4) is 0 Å². The summed E-state index contributed by atoms with van der Waals surface area (Å²) in [7, 11) is -1.44. The highest BCUT2D eigenvalue weighted by atomic mass is 79.9. The number of benzene rings is 10. The van der Waals surface area contributed by atoms with Gasteiger partial charge in [-0.1, -0.05) is 181 Å². The van der Waals surface area contributed by atoms with Gasteiger partial charge in [-0.15, -0.1) is 0 Å². The Morgan fingerprint density at radius 1 is 0.315 bits per heavy atom. The molecule has 0 atom stereocenters. The summed E-state index contributed by atoms with van der Waals surface area (Å²) in [5.74, 6) is 0. The van der Waals surface area contributed by atoms with Crippen molar-refractivity contribution in [2.75, 3.05) is 0 Å². The molecular weight excluding hydrogens is 859 g/mol. The van der Waals surface area contributed by atoms with Gasteiger partial charge in [-0.3, -0.25) is 0 Å². The fraction of sp³-hybridized carbons (Fsp3) is 0. The molecule has 6 heteroatoms. The summed E-state index contributed by atoms with van der Waals surface area (Å²) in [6.07, 6.45) is 0. The van der Waals surface area contributed by atoms with Crippen LogP contribution in [-0.4, -0.2) is 17.2 Å². The molecule has 0 bridgehead atoms. The Bertz CT molecular complexity index is 2940. The van der Waals surface area contributed by atoms with Gasteiger partial charge in [0.2, 0.25) is 0 Å². The van der Waals surface area contributed by atoms with Gasteiger partial charge >= 0.3 is 7.12 Å².